The second kappa shape index (κ2) is 7.29. The summed E-state index contributed by atoms with van der Waals surface area (Å²) in [7, 11) is -2.08. The number of hydrogen-bond donors (Lipinski definition) is 2. The zero-order valence-electron chi connectivity index (χ0n) is 12.8. The van der Waals surface area contributed by atoms with Crippen molar-refractivity contribution in [2.24, 2.45) is 0 Å². The fourth-order valence-electron chi connectivity index (χ4n) is 1.95. The Hall–Kier alpha value is -1.96. The molecule has 0 bridgehead atoms. The Balaban J connectivity index is 2.29. The number of carbonyl (C=O) groups is 1. The highest BCUT2D eigenvalue weighted by molar-refractivity contribution is 7.92. The molecule has 0 aliphatic carbocycles. The lowest BCUT2D eigenvalue weighted by molar-refractivity contribution is 0.102. The number of amides is 1. The van der Waals surface area contributed by atoms with Crippen molar-refractivity contribution in [2.75, 3.05) is 23.4 Å². The summed E-state index contributed by atoms with van der Waals surface area (Å²) in [5.41, 5.74) is 0.867. The van der Waals surface area contributed by atoms with Gasteiger partial charge in [-0.25, -0.2) is 8.42 Å². The number of hydrogen-bond acceptors (Lipinski definition) is 4. The summed E-state index contributed by atoms with van der Waals surface area (Å²) >= 11 is 11.8. The lowest BCUT2D eigenvalue weighted by Gasteiger charge is -2.12. The molecule has 0 aromatic heterocycles. The molecule has 9 heteroatoms. The van der Waals surface area contributed by atoms with Crippen LogP contribution < -0.4 is 14.8 Å². The highest BCUT2D eigenvalue weighted by Gasteiger charge is 2.12. The molecule has 0 aliphatic heterocycles. The van der Waals surface area contributed by atoms with E-state index in [1.807, 2.05) is 0 Å². The molecule has 0 saturated heterocycles. The molecule has 0 fully saturated rings. The Labute approximate surface area is 149 Å². The summed E-state index contributed by atoms with van der Waals surface area (Å²) in [4.78, 5) is 12.3. The molecule has 0 spiro atoms. The largest absolute Gasteiger partial charge is 0.495 e. The van der Waals surface area contributed by atoms with Crippen LogP contribution in [0.2, 0.25) is 10.0 Å². The Morgan fingerprint density at radius 3 is 2.25 bits per heavy atom. The van der Waals surface area contributed by atoms with Gasteiger partial charge >= 0.3 is 0 Å². The lowest BCUT2D eigenvalue weighted by Crippen LogP contribution is -2.14. The third kappa shape index (κ3) is 5.02. The second-order valence-electron chi connectivity index (χ2n) is 4.90. The van der Waals surface area contributed by atoms with Crippen molar-refractivity contribution < 1.29 is 17.9 Å². The van der Waals surface area contributed by atoms with E-state index >= 15 is 0 Å². The number of ether oxygens (including phenoxy) is 1. The van der Waals surface area contributed by atoms with Gasteiger partial charge in [0.1, 0.15) is 5.75 Å². The lowest BCUT2D eigenvalue weighted by atomic mass is 10.2. The quantitative estimate of drug-likeness (QED) is 0.818. The molecule has 2 aromatic rings. The van der Waals surface area contributed by atoms with E-state index in [0.29, 0.717) is 21.5 Å². The number of benzene rings is 2. The molecule has 2 aromatic carbocycles. The molecule has 6 nitrogen and oxygen atoms in total. The van der Waals surface area contributed by atoms with E-state index in [-0.39, 0.29) is 11.3 Å². The maximum atomic E-state index is 12.3. The molecule has 2 rings (SSSR count). The van der Waals surface area contributed by atoms with E-state index in [0.717, 1.165) is 6.26 Å². The molecular formula is C15H14Cl2N2O4S. The first kappa shape index (κ1) is 18.4. The van der Waals surface area contributed by atoms with Crippen molar-refractivity contribution in [3.05, 3.63) is 52.0 Å². The maximum absolute atomic E-state index is 12.3. The van der Waals surface area contributed by atoms with Crippen LogP contribution in [0, 0.1) is 0 Å². The minimum Gasteiger partial charge on any atom is -0.495 e. The second-order valence-corrected chi connectivity index (χ2v) is 7.52. The van der Waals surface area contributed by atoms with Gasteiger partial charge in [0.05, 0.1) is 19.1 Å². The molecular weight excluding hydrogens is 375 g/mol. The van der Waals surface area contributed by atoms with Gasteiger partial charge in [-0.15, -0.1) is 0 Å². The zero-order chi connectivity index (χ0) is 17.9. The van der Waals surface area contributed by atoms with Gasteiger partial charge in [-0.05, 0) is 36.4 Å². The van der Waals surface area contributed by atoms with Crippen LogP contribution in [0.3, 0.4) is 0 Å². The summed E-state index contributed by atoms with van der Waals surface area (Å²) in [6, 6.07) is 9.03. The van der Waals surface area contributed by atoms with Gasteiger partial charge in [0.15, 0.2) is 0 Å². The fourth-order valence-corrected chi connectivity index (χ4v) is 3.04. The first-order chi connectivity index (χ1) is 11.2. The van der Waals surface area contributed by atoms with Crippen molar-refractivity contribution in [1.82, 2.24) is 0 Å². The van der Waals surface area contributed by atoms with E-state index in [1.165, 1.54) is 37.4 Å². The summed E-state index contributed by atoms with van der Waals surface area (Å²) < 4.78 is 30.2. The minimum atomic E-state index is -3.50. The fraction of sp³-hybridized carbons (Fsp3) is 0.133. The average molecular weight is 389 g/mol. The highest BCUT2D eigenvalue weighted by Crippen LogP contribution is 2.29. The number of nitrogens with one attached hydrogen (secondary N) is 2. The molecule has 24 heavy (non-hydrogen) atoms. The van der Waals surface area contributed by atoms with E-state index in [9.17, 15) is 13.2 Å². The van der Waals surface area contributed by atoms with Crippen LogP contribution in [0.4, 0.5) is 11.4 Å². The molecule has 128 valence electrons. The third-order valence-electron chi connectivity index (χ3n) is 2.88. The van der Waals surface area contributed by atoms with Crippen molar-refractivity contribution in [3.8, 4) is 5.75 Å². The van der Waals surface area contributed by atoms with Crippen LogP contribution in [0.1, 0.15) is 10.4 Å². The van der Waals surface area contributed by atoms with E-state index < -0.39 is 15.9 Å². The average Bonchev–Trinajstić information content (AvgIpc) is 2.44. The molecule has 0 radical (unpaired) electrons. The van der Waals surface area contributed by atoms with Gasteiger partial charge in [-0.1, -0.05) is 23.2 Å². The molecule has 1 amide bonds. The van der Waals surface area contributed by atoms with Crippen LogP contribution >= 0.6 is 23.2 Å². The van der Waals surface area contributed by atoms with Crippen molar-refractivity contribution in [2.45, 2.75) is 0 Å². The number of carbonyl (C=O) groups excluding carboxylic acids is 1. The molecule has 0 aliphatic rings. The molecule has 2 N–H and O–H groups in total. The van der Waals surface area contributed by atoms with Gasteiger partial charge in [-0.2, -0.15) is 0 Å². The van der Waals surface area contributed by atoms with Gasteiger partial charge in [-0.3, -0.25) is 9.52 Å². The van der Waals surface area contributed by atoms with Crippen LogP contribution in [0.25, 0.3) is 0 Å². The minimum absolute atomic E-state index is 0.210. The smallest absolute Gasteiger partial charge is 0.255 e. The van der Waals surface area contributed by atoms with Crippen molar-refractivity contribution >= 4 is 50.5 Å². The predicted octanol–water partition coefficient (Wildman–Crippen LogP) is 3.63. The molecule has 0 atom stereocenters. The summed E-state index contributed by atoms with van der Waals surface area (Å²) in [5.74, 6) is -0.112. The number of halogens is 2. The predicted molar refractivity (Wildman–Crippen MR) is 95.9 cm³/mol. The Bertz CT molecular complexity index is 865. The van der Waals surface area contributed by atoms with E-state index in [2.05, 4.69) is 10.0 Å². The monoisotopic (exact) mass is 388 g/mol. The number of anilines is 2. The number of sulfonamides is 1. The van der Waals surface area contributed by atoms with E-state index in [4.69, 9.17) is 27.9 Å². The third-order valence-corrected chi connectivity index (χ3v) is 3.90. The van der Waals surface area contributed by atoms with Crippen LogP contribution in [-0.4, -0.2) is 27.7 Å². The van der Waals surface area contributed by atoms with Gasteiger partial charge in [0.2, 0.25) is 10.0 Å². The first-order valence-corrected chi connectivity index (χ1v) is 9.26. The maximum Gasteiger partial charge on any atom is 0.255 e. The van der Waals surface area contributed by atoms with Crippen molar-refractivity contribution in [1.29, 1.82) is 0 Å². The Morgan fingerprint density at radius 2 is 1.71 bits per heavy atom. The molecule has 0 unspecified atom stereocenters. The summed E-state index contributed by atoms with van der Waals surface area (Å²) in [6.45, 7) is 0. The Morgan fingerprint density at radius 1 is 1.08 bits per heavy atom. The van der Waals surface area contributed by atoms with Crippen LogP contribution in [0.15, 0.2) is 36.4 Å². The van der Waals surface area contributed by atoms with Gasteiger partial charge in [0.25, 0.3) is 5.91 Å². The normalized spacial score (nSPS) is 11.0. The SMILES string of the molecule is COc1ccc(NC(=O)c2cc(Cl)cc(Cl)c2)cc1NS(C)(=O)=O. The summed E-state index contributed by atoms with van der Waals surface area (Å²) in [5, 5.41) is 3.31. The summed E-state index contributed by atoms with van der Waals surface area (Å²) in [6.07, 6.45) is 1.02. The topological polar surface area (TPSA) is 84.5 Å². The molecule has 0 saturated carbocycles. The zero-order valence-corrected chi connectivity index (χ0v) is 15.1. The van der Waals surface area contributed by atoms with Gasteiger partial charge in [0, 0.05) is 21.3 Å². The van der Waals surface area contributed by atoms with Crippen LogP contribution in [-0.2, 0) is 10.0 Å². The molecule has 0 heterocycles. The van der Waals surface area contributed by atoms with Crippen molar-refractivity contribution in [3.63, 3.8) is 0 Å². The van der Waals surface area contributed by atoms with Gasteiger partial charge < -0.3 is 10.1 Å². The highest BCUT2D eigenvalue weighted by atomic mass is 35.5. The van der Waals surface area contributed by atoms with E-state index in [1.54, 1.807) is 6.07 Å². The first-order valence-electron chi connectivity index (χ1n) is 6.61. The van der Waals surface area contributed by atoms with Crippen LogP contribution in [0.5, 0.6) is 5.75 Å². The Kier molecular flexibility index (Phi) is 5.58. The number of methoxy groups -OCH3 is 1. The standard InChI is InChI=1S/C15H14Cl2N2O4S/c1-23-14-4-3-12(8-13(14)19-24(2,21)22)18-15(20)9-5-10(16)7-11(17)6-9/h3-8,19H,1-2H3,(H,18,20). The number of rotatable bonds is 5.